The minimum Gasteiger partial charge on any atom is -0.302 e. The average Bonchev–Trinajstić information content (AvgIpc) is 2.01. The fraction of sp³-hybridized carbons (Fsp3) is 0.444. The number of aryl methyl sites for hydroxylation is 1. The molecule has 0 atom stereocenters. The second-order valence-corrected chi connectivity index (χ2v) is 3.21. The second kappa shape index (κ2) is 4.09. The van der Waals surface area contributed by atoms with E-state index in [9.17, 15) is 4.79 Å². The molecule has 4 heteroatoms. The van der Waals surface area contributed by atoms with Gasteiger partial charge in [0.2, 0.25) is 0 Å². The number of carbonyl (C=O) groups excluding carboxylic acids is 1. The summed E-state index contributed by atoms with van der Waals surface area (Å²) in [6.07, 6.45) is 0.744. The van der Waals surface area contributed by atoms with Crippen LogP contribution in [0.3, 0.4) is 0 Å². The van der Waals surface area contributed by atoms with Gasteiger partial charge in [0.15, 0.2) is 6.29 Å². The molecule has 4 nitrogen and oxygen atoms in total. The first-order valence-electron chi connectivity index (χ1n) is 4.06. The third-order valence-corrected chi connectivity index (χ3v) is 1.50. The molecule has 13 heavy (non-hydrogen) atoms. The van der Waals surface area contributed by atoms with E-state index < -0.39 is 0 Å². The lowest BCUT2D eigenvalue weighted by Crippen LogP contribution is -2.14. The van der Waals surface area contributed by atoms with Gasteiger partial charge in [0.25, 0.3) is 0 Å². The van der Waals surface area contributed by atoms with Crippen molar-refractivity contribution in [2.45, 2.75) is 13.5 Å². The highest BCUT2D eigenvalue weighted by atomic mass is 16.1. The Morgan fingerprint density at radius 1 is 1.46 bits per heavy atom. The van der Waals surface area contributed by atoms with Gasteiger partial charge < -0.3 is 4.90 Å². The standard InChI is InChI=1S/C9H13N3O/c1-7-4-8(6-13)11-9(10-7)5-12(2)3/h4,6H,5H2,1-3H3. The van der Waals surface area contributed by atoms with Gasteiger partial charge in [-0.15, -0.1) is 0 Å². The second-order valence-electron chi connectivity index (χ2n) is 3.21. The molecule has 0 aliphatic heterocycles. The van der Waals surface area contributed by atoms with E-state index in [1.807, 2.05) is 25.9 Å². The molecule has 0 unspecified atom stereocenters. The van der Waals surface area contributed by atoms with Crippen LogP contribution in [0.4, 0.5) is 0 Å². The third-order valence-electron chi connectivity index (χ3n) is 1.50. The zero-order valence-corrected chi connectivity index (χ0v) is 8.11. The van der Waals surface area contributed by atoms with Crippen LogP contribution in [0.5, 0.6) is 0 Å². The van der Waals surface area contributed by atoms with Gasteiger partial charge >= 0.3 is 0 Å². The van der Waals surface area contributed by atoms with Crippen molar-refractivity contribution in [3.05, 3.63) is 23.3 Å². The van der Waals surface area contributed by atoms with E-state index in [-0.39, 0.29) is 0 Å². The first kappa shape index (κ1) is 9.80. The molecule has 1 aromatic rings. The number of rotatable bonds is 3. The van der Waals surface area contributed by atoms with Gasteiger partial charge in [0, 0.05) is 5.69 Å². The zero-order valence-electron chi connectivity index (χ0n) is 8.11. The van der Waals surface area contributed by atoms with Crippen molar-refractivity contribution in [2.75, 3.05) is 14.1 Å². The van der Waals surface area contributed by atoms with Crippen molar-refractivity contribution in [3.63, 3.8) is 0 Å². The highest BCUT2D eigenvalue weighted by molar-refractivity contribution is 5.71. The van der Waals surface area contributed by atoms with Gasteiger partial charge in [-0.25, -0.2) is 9.97 Å². The Balaban J connectivity index is 2.94. The Labute approximate surface area is 77.6 Å². The number of aromatic nitrogens is 2. The molecule has 0 amide bonds. The molecule has 0 saturated carbocycles. The van der Waals surface area contributed by atoms with Crippen LogP contribution in [-0.2, 0) is 6.54 Å². The van der Waals surface area contributed by atoms with Crippen LogP contribution in [0, 0.1) is 6.92 Å². The van der Waals surface area contributed by atoms with Crippen LogP contribution in [0.1, 0.15) is 22.0 Å². The van der Waals surface area contributed by atoms with Crippen LogP contribution in [0.25, 0.3) is 0 Å². The Kier molecular flexibility index (Phi) is 3.08. The molecule has 1 heterocycles. The maximum atomic E-state index is 10.5. The monoisotopic (exact) mass is 179 g/mol. The van der Waals surface area contributed by atoms with Gasteiger partial charge in [-0.05, 0) is 27.1 Å². The van der Waals surface area contributed by atoms with E-state index in [1.54, 1.807) is 6.07 Å². The van der Waals surface area contributed by atoms with E-state index >= 15 is 0 Å². The minimum absolute atomic E-state index is 0.448. The molecule has 0 aromatic carbocycles. The first-order valence-corrected chi connectivity index (χ1v) is 4.06. The zero-order chi connectivity index (χ0) is 9.84. The lowest BCUT2D eigenvalue weighted by molar-refractivity contribution is 0.111. The molecule has 1 aromatic heterocycles. The maximum absolute atomic E-state index is 10.5. The van der Waals surface area contributed by atoms with Gasteiger partial charge in [-0.2, -0.15) is 0 Å². The summed E-state index contributed by atoms with van der Waals surface area (Å²) in [5.41, 5.74) is 1.28. The number of hydrogen-bond donors (Lipinski definition) is 0. The quantitative estimate of drug-likeness (QED) is 0.639. The number of carbonyl (C=O) groups is 1. The fourth-order valence-corrected chi connectivity index (χ4v) is 1.07. The van der Waals surface area contributed by atoms with E-state index in [2.05, 4.69) is 9.97 Å². The number of hydrogen-bond acceptors (Lipinski definition) is 4. The molecule has 0 radical (unpaired) electrons. The van der Waals surface area contributed by atoms with Crippen LogP contribution in [0.15, 0.2) is 6.07 Å². The normalized spacial score (nSPS) is 10.5. The lowest BCUT2D eigenvalue weighted by Gasteiger charge is -2.08. The molecular weight excluding hydrogens is 166 g/mol. The predicted octanol–water partition coefficient (Wildman–Crippen LogP) is 0.659. The Hall–Kier alpha value is -1.29. The third kappa shape index (κ3) is 2.91. The van der Waals surface area contributed by atoms with E-state index in [0.29, 0.717) is 18.1 Å². The molecule has 0 aliphatic rings. The van der Waals surface area contributed by atoms with Crippen LogP contribution < -0.4 is 0 Å². The molecule has 0 bridgehead atoms. The summed E-state index contributed by atoms with van der Waals surface area (Å²) < 4.78 is 0. The Bertz CT molecular complexity index is 310. The smallest absolute Gasteiger partial charge is 0.168 e. The summed E-state index contributed by atoms with van der Waals surface area (Å²) in [4.78, 5) is 20.7. The summed E-state index contributed by atoms with van der Waals surface area (Å²) in [6.45, 7) is 2.51. The predicted molar refractivity (Wildman–Crippen MR) is 49.5 cm³/mol. The molecule has 0 N–H and O–H groups in total. The van der Waals surface area contributed by atoms with Crippen molar-refractivity contribution in [1.82, 2.24) is 14.9 Å². The molecule has 1 rings (SSSR count). The fourth-order valence-electron chi connectivity index (χ4n) is 1.07. The highest BCUT2D eigenvalue weighted by Gasteiger charge is 2.02. The molecule has 70 valence electrons. The maximum Gasteiger partial charge on any atom is 0.168 e. The lowest BCUT2D eigenvalue weighted by atomic mass is 10.3. The van der Waals surface area contributed by atoms with Crippen molar-refractivity contribution < 1.29 is 4.79 Å². The van der Waals surface area contributed by atoms with E-state index in [1.165, 1.54) is 0 Å². The van der Waals surface area contributed by atoms with Crippen molar-refractivity contribution in [3.8, 4) is 0 Å². The van der Waals surface area contributed by atoms with Gasteiger partial charge in [-0.1, -0.05) is 0 Å². The van der Waals surface area contributed by atoms with Crippen LogP contribution >= 0.6 is 0 Å². The SMILES string of the molecule is Cc1cc(C=O)nc(CN(C)C)n1. The van der Waals surface area contributed by atoms with Crippen molar-refractivity contribution in [2.24, 2.45) is 0 Å². The van der Waals surface area contributed by atoms with Gasteiger partial charge in [-0.3, -0.25) is 4.79 Å². The highest BCUT2D eigenvalue weighted by Crippen LogP contribution is 2.00. The summed E-state index contributed by atoms with van der Waals surface area (Å²) in [5, 5.41) is 0. The van der Waals surface area contributed by atoms with Crippen LogP contribution in [0.2, 0.25) is 0 Å². The van der Waals surface area contributed by atoms with Gasteiger partial charge in [0.1, 0.15) is 11.5 Å². The van der Waals surface area contributed by atoms with E-state index in [4.69, 9.17) is 0 Å². The molecule has 0 fully saturated rings. The topological polar surface area (TPSA) is 46.1 Å². The van der Waals surface area contributed by atoms with Crippen molar-refractivity contribution in [1.29, 1.82) is 0 Å². The Morgan fingerprint density at radius 3 is 2.69 bits per heavy atom. The number of nitrogens with zero attached hydrogens (tertiary/aromatic N) is 3. The summed E-state index contributed by atoms with van der Waals surface area (Å²) in [5.74, 6) is 0.687. The molecular formula is C9H13N3O. The average molecular weight is 179 g/mol. The molecule has 0 spiro atoms. The van der Waals surface area contributed by atoms with Crippen molar-refractivity contribution >= 4 is 6.29 Å². The Morgan fingerprint density at radius 2 is 2.15 bits per heavy atom. The summed E-state index contributed by atoms with van der Waals surface area (Å²) in [7, 11) is 3.87. The van der Waals surface area contributed by atoms with Crippen LogP contribution in [-0.4, -0.2) is 35.2 Å². The molecule has 0 aliphatic carbocycles. The minimum atomic E-state index is 0.448. The summed E-state index contributed by atoms with van der Waals surface area (Å²) in [6, 6.07) is 1.67. The van der Waals surface area contributed by atoms with Gasteiger partial charge in [0.05, 0.1) is 6.54 Å². The first-order chi connectivity index (χ1) is 6.11. The number of aldehydes is 1. The largest absolute Gasteiger partial charge is 0.302 e. The molecule has 0 saturated heterocycles. The summed E-state index contributed by atoms with van der Waals surface area (Å²) >= 11 is 0. The van der Waals surface area contributed by atoms with E-state index in [0.717, 1.165) is 12.0 Å².